The van der Waals surface area contributed by atoms with Gasteiger partial charge in [0.05, 0.1) is 10.5 Å². The van der Waals surface area contributed by atoms with Crippen molar-refractivity contribution in [3.05, 3.63) is 49.4 Å². The van der Waals surface area contributed by atoms with Gasteiger partial charge in [-0.2, -0.15) is 0 Å². The van der Waals surface area contributed by atoms with Crippen molar-refractivity contribution >= 4 is 43.5 Å². The summed E-state index contributed by atoms with van der Waals surface area (Å²) in [6, 6.07) is 4.29. The summed E-state index contributed by atoms with van der Waals surface area (Å²) < 4.78 is 0.787. The molecular weight excluding hydrogens is 356 g/mol. The zero-order chi connectivity index (χ0) is 13.0. The SMILES string of the molecule is C=C(Br)CNC(=O)c1cccc([N+](=O)[O-])c1Br. The molecule has 1 amide bonds. The van der Waals surface area contributed by atoms with Crippen LogP contribution in [0.4, 0.5) is 5.69 Å². The first-order chi connectivity index (χ1) is 7.93. The standard InChI is InChI=1S/C10H8Br2N2O3/c1-6(11)5-13-10(15)7-3-2-4-8(9(7)12)14(16)17/h2-4H,1,5H2,(H,13,15). The molecule has 0 aliphatic rings. The summed E-state index contributed by atoms with van der Waals surface area (Å²) in [5, 5.41) is 13.3. The lowest BCUT2D eigenvalue weighted by Crippen LogP contribution is -2.24. The Hall–Kier alpha value is -1.21. The topological polar surface area (TPSA) is 72.2 Å². The van der Waals surface area contributed by atoms with Gasteiger partial charge in [0.25, 0.3) is 11.6 Å². The summed E-state index contributed by atoms with van der Waals surface area (Å²) in [4.78, 5) is 21.9. The number of halogens is 2. The van der Waals surface area contributed by atoms with Crippen LogP contribution in [0, 0.1) is 10.1 Å². The van der Waals surface area contributed by atoms with Gasteiger partial charge in [-0.3, -0.25) is 14.9 Å². The quantitative estimate of drug-likeness (QED) is 0.660. The molecule has 0 fully saturated rings. The molecule has 0 atom stereocenters. The Labute approximate surface area is 114 Å². The summed E-state index contributed by atoms with van der Waals surface area (Å²) in [7, 11) is 0. The molecule has 0 saturated heterocycles. The summed E-state index contributed by atoms with van der Waals surface area (Å²) in [6.07, 6.45) is 0. The maximum absolute atomic E-state index is 11.7. The van der Waals surface area contributed by atoms with Crippen molar-refractivity contribution in [2.24, 2.45) is 0 Å². The molecule has 1 aromatic carbocycles. The predicted octanol–water partition coefficient (Wildman–Crippen LogP) is 3.00. The van der Waals surface area contributed by atoms with E-state index in [0.717, 1.165) is 0 Å². The molecule has 0 aliphatic carbocycles. The lowest BCUT2D eigenvalue weighted by Gasteiger charge is -2.06. The van der Waals surface area contributed by atoms with Gasteiger partial charge >= 0.3 is 0 Å². The van der Waals surface area contributed by atoms with Crippen LogP contribution >= 0.6 is 31.9 Å². The number of hydrogen-bond donors (Lipinski definition) is 1. The van der Waals surface area contributed by atoms with E-state index in [1.165, 1.54) is 18.2 Å². The Morgan fingerprint density at radius 1 is 1.53 bits per heavy atom. The molecule has 1 aromatic rings. The van der Waals surface area contributed by atoms with Gasteiger partial charge in [-0.05, 0) is 22.0 Å². The van der Waals surface area contributed by atoms with Gasteiger partial charge in [-0.15, -0.1) is 0 Å². The van der Waals surface area contributed by atoms with Crippen molar-refractivity contribution in [2.45, 2.75) is 0 Å². The second-order valence-corrected chi connectivity index (χ2v) is 5.01. The zero-order valence-electron chi connectivity index (χ0n) is 8.57. The number of hydrogen-bond acceptors (Lipinski definition) is 3. The highest BCUT2D eigenvalue weighted by molar-refractivity contribution is 9.11. The zero-order valence-corrected chi connectivity index (χ0v) is 11.7. The number of amides is 1. The number of nitro groups is 1. The summed E-state index contributed by atoms with van der Waals surface area (Å²) >= 11 is 6.16. The van der Waals surface area contributed by atoms with Gasteiger partial charge in [-0.1, -0.05) is 28.6 Å². The van der Waals surface area contributed by atoms with E-state index in [9.17, 15) is 14.9 Å². The predicted molar refractivity (Wildman–Crippen MR) is 71.2 cm³/mol. The Bertz CT molecular complexity index is 488. The molecular formula is C10H8Br2N2O3. The highest BCUT2D eigenvalue weighted by Crippen LogP contribution is 2.28. The van der Waals surface area contributed by atoms with Crippen molar-refractivity contribution in [3.63, 3.8) is 0 Å². The number of nitrogens with one attached hydrogen (secondary N) is 1. The summed E-state index contributed by atoms with van der Waals surface area (Å²) in [5.74, 6) is -0.402. The number of rotatable bonds is 4. The van der Waals surface area contributed by atoms with Crippen LogP contribution in [0.2, 0.25) is 0 Å². The number of nitrogens with zero attached hydrogens (tertiary/aromatic N) is 1. The van der Waals surface area contributed by atoms with E-state index in [1.54, 1.807) is 0 Å². The molecule has 90 valence electrons. The Morgan fingerprint density at radius 2 is 2.18 bits per heavy atom. The molecule has 1 rings (SSSR count). The fourth-order valence-electron chi connectivity index (χ4n) is 1.11. The van der Waals surface area contributed by atoms with Crippen LogP contribution < -0.4 is 5.32 Å². The first-order valence-corrected chi connectivity index (χ1v) is 6.06. The third-order valence-corrected chi connectivity index (χ3v) is 2.97. The molecule has 0 spiro atoms. The second kappa shape index (κ2) is 5.92. The summed E-state index contributed by atoms with van der Waals surface area (Å²) in [6.45, 7) is 3.83. The van der Waals surface area contributed by atoms with E-state index in [2.05, 4.69) is 43.8 Å². The molecule has 0 radical (unpaired) electrons. The monoisotopic (exact) mass is 362 g/mol. The average Bonchev–Trinajstić information content (AvgIpc) is 2.25. The van der Waals surface area contributed by atoms with Crippen LogP contribution in [0.25, 0.3) is 0 Å². The number of benzene rings is 1. The third-order valence-electron chi connectivity index (χ3n) is 1.86. The van der Waals surface area contributed by atoms with E-state index < -0.39 is 10.8 Å². The van der Waals surface area contributed by atoms with E-state index in [1.807, 2.05) is 0 Å². The third kappa shape index (κ3) is 3.64. The van der Waals surface area contributed by atoms with Crippen molar-refractivity contribution in [2.75, 3.05) is 6.54 Å². The normalized spacial score (nSPS) is 9.76. The first kappa shape index (κ1) is 13.9. The number of carbonyl (C=O) groups excluding carboxylic acids is 1. The lowest BCUT2D eigenvalue weighted by molar-refractivity contribution is -0.385. The fourth-order valence-corrected chi connectivity index (χ4v) is 1.84. The van der Waals surface area contributed by atoms with Crippen molar-refractivity contribution < 1.29 is 9.72 Å². The Balaban J connectivity index is 2.98. The molecule has 0 unspecified atom stereocenters. The smallest absolute Gasteiger partial charge is 0.284 e. The van der Waals surface area contributed by atoms with Gasteiger partial charge in [0.15, 0.2) is 0 Å². The van der Waals surface area contributed by atoms with E-state index in [0.29, 0.717) is 4.48 Å². The van der Waals surface area contributed by atoms with Gasteiger partial charge in [0.2, 0.25) is 0 Å². The van der Waals surface area contributed by atoms with Gasteiger partial charge in [0, 0.05) is 17.1 Å². The van der Waals surface area contributed by atoms with E-state index in [-0.39, 0.29) is 22.3 Å². The van der Waals surface area contributed by atoms with Crippen LogP contribution in [-0.2, 0) is 0 Å². The molecule has 7 heteroatoms. The number of carbonyl (C=O) groups is 1. The fraction of sp³-hybridized carbons (Fsp3) is 0.100. The minimum absolute atomic E-state index is 0.143. The first-order valence-electron chi connectivity index (χ1n) is 4.48. The lowest BCUT2D eigenvalue weighted by atomic mass is 10.2. The number of nitro benzene ring substituents is 1. The largest absolute Gasteiger partial charge is 0.347 e. The van der Waals surface area contributed by atoms with Crippen LogP contribution in [0.5, 0.6) is 0 Å². The van der Waals surface area contributed by atoms with Crippen LogP contribution in [0.15, 0.2) is 33.7 Å². The van der Waals surface area contributed by atoms with Gasteiger partial charge in [-0.25, -0.2) is 0 Å². The van der Waals surface area contributed by atoms with Crippen molar-refractivity contribution in [3.8, 4) is 0 Å². The summed E-state index contributed by atoms with van der Waals surface area (Å²) in [5.41, 5.74) is 0.0725. The molecule has 17 heavy (non-hydrogen) atoms. The maximum Gasteiger partial charge on any atom is 0.284 e. The van der Waals surface area contributed by atoms with Gasteiger partial charge < -0.3 is 5.32 Å². The van der Waals surface area contributed by atoms with Crippen LogP contribution in [0.1, 0.15) is 10.4 Å². The molecule has 0 bridgehead atoms. The minimum Gasteiger partial charge on any atom is -0.347 e. The van der Waals surface area contributed by atoms with Crippen LogP contribution in [-0.4, -0.2) is 17.4 Å². The molecule has 5 nitrogen and oxygen atoms in total. The van der Waals surface area contributed by atoms with Crippen molar-refractivity contribution in [1.82, 2.24) is 5.32 Å². The molecule has 0 saturated carbocycles. The average molecular weight is 364 g/mol. The van der Waals surface area contributed by atoms with Crippen LogP contribution in [0.3, 0.4) is 0 Å². The molecule has 1 N–H and O–H groups in total. The minimum atomic E-state index is -0.551. The Morgan fingerprint density at radius 3 is 2.71 bits per heavy atom. The molecule has 0 aromatic heterocycles. The Kier molecular flexibility index (Phi) is 4.83. The molecule has 0 heterocycles. The van der Waals surface area contributed by atoms with Crippen molar-refractivity contribution in [1.29, 1.82) is 0 Å². The second-order valence-electron chi connectivity index (χ2n) is 3.10. The van der Waals surface area contributed by atoms with Gasteiger partial charge in [0.1, 0.15) is 4.47 Å². The van der Waals surface area contributed by atoms with E-state index >= 15 is 0 Å². The highest BCUT2D eigenvalue weighted by Gasteiger charge is 2.18. The van der Waals surface area contributed by atoms with E-state index in [4.69, 9.17) is 0 Å². The maximum atomic E-state index is 11.7. The highest BCUT2D eigenvalue weighted by atomic mass is 79.9. The molecule has 0 aliphatic heterocycles.